The van der Waals surface area contributed by atoms with Crippen molar-refractivity contribution >= 4 is 5.91 Å². The molecule has 0 aliphatic heterocycles. The maximum absolute atomic E-state index is 11.7. The van der Waals surface area contributed by atoms with Crippen LogP contribution < -0.4 is 11.1 Å². The van der Waals surface area contributed by atoms with Gasteiger partial charge in [-0.1, -0.05) is 6.92 Å². The molecule has 17 heavy (non-hydrogen) atoms. The lowest BCUT2D eigenvalue weighted by Crippen LogP contribution is -2.33. The zero-order valence-corrected chi connectivity index (χ0v) is 11.8. The van der Waals surface area contributed by atoms with Gasteiger partial charge < -0.3 is 16.0 Å². The summed E-state index contributed by atoms with van der Waals surface area (Å²) in [5, 5.41) is 2.98. The molecule has 0 aromatic heterocycles. The van der Waals surface area contributed by atoms with Crippen LogP contribution in [0.4, 0.5) is 0 Å². The number of rotatable bonds is 9. The third kappa shape index (κ3) is 8.16. The van der Waals surface area contributed by atoms with Crippen LogP contribution in [-0.2, 0) is 4.79 Å². The van der Waals surface area contributed by atoms with Crippen molar-refractivity contribution in [1.82, 2.24) is 10.2 Å². The molecule has 0 aromatic carbocycles. The summed E-state index contributed by atoms with van der Waals surface area (Å²) < 4.78 is 0. The second kappa shape index (κ2) is 9.42. The van der Waals surface area contributed by atoms with E-state index < -0.39 is 0 Å². The second-order valence-corrected chi connectivity index (χ2v) is 5.05. The van der Waals surface area contributed by atoms with Crippen LogP contribution in [0.15, 0.2) is 0 Å². The van der Waals surface area contributed by atoms with E-state index in [1.807, 2.05) is 6.92 Å². The number of carbonyl (C=O) groups excluding carboxylic acids is 1. The topological polar surface area (TPSA) is 58.4 Å². The van der Waals surface area contributed by atoms with E-state index in [0.717, 1.165) is 32.4 Å². The standard InChI is InChI=1S/C13H29N3O/c1-11(2)16(4)10-6-9-15-13(17)12(3)7-5-8-14/h11-12H,5-10,14H2,1-4H3,(H,15,17). The highest BCUT2D eigenvalue weighted by atomic mass is 16.1. The number of hydrogen-bond acceptors (Lipinski definition) is 3. The molecule has 1 atom stereocenters. The van der Waals surface area contributed by atoms with Gasteiger partial charge in [0.25, 0.3) is 0 Å². The van der Waals surface area contributed by atoms with Gasteiger partial charge in [-0.3, -0.25) is 4.79 Å². The van der Waals surface area contributed by atoms with Crippen LogP contribution in [0.5, 0.6) is 0 Å². The van der Waals surface area contributed by atoms with Gasteiger partial charge in [-0.25, -0.2) is 0 Å². The highest BCUT2D eigenvalue weighted by molar-refractivity contribution is 5.78. The van der Waals surface area contributed by atoms with E-state index in [4.69, 9.17) is 5.73 Å². The molecule has 0 fully saturated rings. The Hall–Kier alpha value is -0.610. The fourth-order valence-corrected chi connectivity index (χ4v) is 1.53. The van der Waals surface area contributed by atoms with Gasteiger partial charge in [0.05, 0.1) is 0 Å². The molecule has 0 rings (SSSR count). The van der Waals surface area contributed by atoms with Crippen LogP contribution in [0.1, 0.15) is 40.0 Å². The molecule has 4 nitrogen and oxygen atoms in total. The van der Waals surface area contributed by atoms with E-state index >= 15 is 0 Å². The minimum absolute atomic E-state index is 0.0846. The van der Waals surface area contributed by atoms with Gasteiger partial charge in [0.15, 0.2) is 0 Å². The van der Waals surface area contributed by atoms with E-state index in [1.165, 1.54) is 0 Å². The molecule has 0 bridgehead atoms. The largest absolute Gasteiger partial charge is 0.356 e. The van der Waals surface area contributed by atoms with Crippen LogP contribution in [0.25, 0.3) is 0 Å². The Morgan fingerprint density at radius 3 is 2.47 bits per heavy atom. The monoisotopic (exact) mass is 243 g/mol. The van der Waals surface area contributed by atoms with E-state index in [0.29, 0.717) is 12.6 Å². The van der Waals surface area contributed by atoms with Gasteiger partial charge in [-0.05, 0) is 53.2 Å². The van der Waals surface area contributed by atoms with Crippen LogP contribution in [-0.4, -0.2) is 43.5 Å². The lowest BCUT2D eigenvalue weighted by Gasteiger charge is -2.21. The molecular weight excluding hydrogens is 214 g/mol. The molecule has 0 saturated heterocycles. The SMILES string of the molecule is CC(CCCN)C(=O)NCCCN(C)C(C)C. The molecule has 0 aromatic rings. The number of nitrogens with two attached hydrogens (primary N) is 1. The van der Waals surface area contributed by atoms with E-state index in [1.54, 1.807) is 0 Å². The van der Waals surface area contributed by atoms with Gasteiger partial charge in [0.2, 0.25) is 5.91 Å². The predicted molar refractivity (Wildman–Crippen MR) is 72.8 cm³/mol. The average Bonchev–Trinajstić information content (AvgIpc) is 2.30. The van der Waals surface area contributed by atoms with Crippen molar-refractivity contribution in [2.75, 3.05) is 26.7 Å². The van der Waals surface area contributed by atoms with E-state index in [9.17, 15) is 4.79 Å². The maximum Gasteiger partial charge on any atom is 0.222 e. The zero-order valence-electron chi connectivity index (χ0n) is 11.8. The molecule has 0 aliphatic rings. The van der Waals surface area contributed by atoms with Crippen molar-refractivity contribution in [3.63, 3.8) is 0 Å². The van der Waals surface area contributed by atoms with Crippen molar-refractivity contribution in [2.24, 2.45) is 11.7 Å². The van der Waals surface area contributed by atoms with Crippen LogP contribution in [0, 0.1) is 5.92 Å². The van der Waals surface area contributed by atoms with Crippen LogP contribution in [0.2, 0.25) is 0 Å². The minimum Gasteiger partial charge on any atom is -0.356 e. The Labute approximate surface area is 106 Å². The Kier molecular flexibility index (Phi) is 9.09. The van der Waals surface area contributed by atoms with Crippen molar-refractivity contribution < 1.29 is 4.79 Å². The van der Waals surface area contributed by atoms with E-state index in [-0.39, 0.29) is 11.8 Å². The third-order valence-corrected chi connectivity index (χ3v) is 3.16. The molecule has 0 aliphatic carbocycles. The molecule has 0 spiro atoms. The fraction of sp³-hybridized carbons (Fsp3) is 0.923. The highest BCUT2D eigenvalue weighted by Crippen LogP contribution is 2.04. The summed E-state index contributed by atoms with van der Waals surface area (Å²) in [7, 11) is 2.11. The first-order valence-electron chi connectivity index (χ1n) is 6.67. The summed E-state index contributed by atoms with van der Waals surface area (Å²) in [6.45, 7) is 8.76. The van der Waals surface area contributed by atoms with Gasteiger partial charge in [-0.15, -0.1) is 0 Å². The summed E-state index contributed by atoms with van der Waals surface area (Å²) in [6.07, 6.45) is 2.81. The van der Waals surface area contributed by atoms with Crippen molar-refractivity contribution in [1.29, 1.82) is 0 Å². The number of nitrogens with zero attached hydrogens (tertiary/aromatic N) is 1. The van der Waals surface area contributed by atoms with Crippen molar-refractivity contribution in [3.8, 4) is 0 Å². The molecule has 0 heterocycles. The molecule has 1 amide bonds. The third-order valence-electron chi connectivity index (χ3n) is 3.16. The molecule has 4 heteroatoms. The Morgan fingerprint density at radius 2 is 1.94 bits per heavy atom. The molecule has 102 valence electrons. The maximum atomic E-state index is 11.7. The zero-order chi connectivity index (χ0) is 13.3. The van der Waals surface area contributed by atoms with Crippen LogP contribution >= 0.6 is 0 Å². The second-order valence-electron chi connectivity index (χ2n) is 5.05. The van der Waals surface area contributed by atoms with Gasteiger partial charge in [-0.2, -0.15) is 0 Å². The van der Waals surface area contributed by atoms with Crippen molar-refractivity contribution in [3.05, 3.63) is 0 Å². The molecule has 1 unspecified atom stereocenters. The number of amides is 1. The van der Waals surface area contributed by atoms with Gasteiger partial charge >= 0.3 is 0 Å². The summed E-state index contributed by atoms with van der Waals surface area (Å²) >= 11 is 0. The number of carbonyl (C=O) groups is 1. The Balaban J connectivity index is 3.57. The lowest BCUT2D eigenvalue weighted by molar-refractivity contribution is -0.124. The fourth-order valence-electron chi connectivity index (χ4n) is 1.53. The summed E-state index contributed by atoms with van der Waals surface area (Å²) in [5.74, 6) is 0.243. The summed E-state index contributed by atoms with van der Waals surface area (Å²) in [6, 6.07) is 0.564. The average molecular weight is 243 g/mol. The first-order valence-corrected chi connectivity index (χ1v) is 6.67. The lowest BCUT2D eigenvalue weighted by atomic mass is 10.1. The first-order chi connectivity index (χ1) is 7.99. The van der Waals surface area contributed by atoms with Gasteiger partial charge in [0, 0.05) is 18.5 Å². The Morgan fingerprint density at radius 1 is 1.29 bits per heavy atom. The number of hydrogen-bond donors (Lipinski definition) is 2. The minimum atomic E-state index is 0.0846. The highest BCUT2D eigenvalue weighted by Gasteiger charge is 2.11. The molecule has 3 N–H and O–H groups in total. The first kappa shape index (κ1) is 16.4. The van der Waals surface area contributed by atoms with Crippen molar-refractivity contribution in [2.45, 2.75) is 46.1 Å². The molecular formula is C13H29N3O. The smallest absolute Gasteiger partial charge is 0.222 e. The van der Waals surface area contributed by atoms with Gasteiger partial charge in [0.1, 0.15) is 0 Å². The number of nitrogens with one attached hydrogen (secondary N) is 1. The quantitative estimate of drug-likeness (QED) is 0.598. The summed E-state index contributed by atoms with van der Waals surface area (Å²) in [4.78, 5) is 13.9. The van der Waals surface area contributed by atoms with Crippen LogP contribution in [0.3, 0.4) is 0 Å². The molecule has 0 saturated carbocycles. The summed E-state index contributed by atoms with van der Waals surface area (Å²) in [5.41, 5.74) is 5.42. The predicted octanol–water partition coefficient (Wildman–Crippen LogP) is 1.21. The normalized spacial score (nSPS) is 13.1. The Bertz CT molecular complexity index is 207. The van der Waals surface area contributed by atoms with E-state index in [2.05, 4.69) is 31.1 Å². The molecule has 0 radical (unpaired) electrons.